The van der Waals surface area contributed by atoms with Gasteiger partial charge in [-0.1, -0.05) is 43.3 Å². The Kier molecular flexibility index (Phi) is 5.91. The molecule has 0 bridgehead atoms. The van der Waals surface area contributed by atoms with Crippen LogP contribution in [0.2, 0.25) is 0 Å². The van der Waals surface area contributed by atoms with Crippen LogP contribution in [0.3, 0.4) is 0 Å². The molecule has 0 atom stereocenters. The topological polar surface area (TPSA) is 62.2 Å². The Labute approximate surface area is 137 Å². The summed E-state index contributed by atoms with van der Waals surface area (Å²) in [4.78, 5) is 30.0. The van der Waals surface area contributed by atoms with E-state index in [0.717, 1.165) is 0 Å². The van der Waals surface area contributed by atoms with Gasteiger partial charge in [0.25, 0.3) is 0 Å². The van der Waals surface area contributed by atoms with Crippen molar-refractivity contribution in [2.75, 3.05) is 14.1 Å². The fraction of sp³-hybridized carbons (Fsp3) is 0.750. The van der Waals surface area contributed by atoms with E-state index in [1.807, 2.05) is 13.8 Å². The maximum atomic E-state index is 11.9. The lowest BCUT2D eigenvalue weighted by molar-refractivity contribution is -0.127. The molecule has 1 fully saturated rings. The molecule has 0 aromatic heterocycles. The zero-order valence-electron chi connectivity index (χ0n) is 13.3. The summed E-state index contributed by atoms with van der Waals surface area (Å²) >= 11 is 1.27. The summed E-state index contributed by atoms with van der Waals surface area (Å²) < 4.78 is 0.818. The van der Waals surface area contributed by atoms with E-state index >= 15 is 0 Å². The van der Waals surface area contributed by atoms with Gasteiger partial charge in [0.15, 0.2) is 0 Å². The Bertz CT molecular complexity index is 460. The summed E-state index contributed by atoms with van der Waals surface area (Å²) in [5, 5.41) is 4.18. The van der Waals surface area contributed by atoms with E-state index < -0.39 is 10.8 Å². The van der Waals surface area contributed by atoms with Crippen molar-refractivity contribution in [1.29, 1.82) is 0 Å². The predicted molar refractivity (Wildman–Crippen MR) is 91.1 cm³/mol. The van der Waals surface area contributed by atoms with Crippen LogP contribution in [0.15, 0.2) is 5.16 Å². The van der Waals surface area contributed by atoms with E-state index in [-0.39, 0.29) is 10.7 Å². The number of thioether (sulfide) groups is 1. The summed E-state index contributed by atoms with van der Waals surface area (Å²) in [5.41, 5.74) is 0. The summed E-state index contributed by atoms with van der Waals surface area (Å²) in [6, 6.07) is 0. The molecule has 1 aliphatic rings. The molecule has 0 aromatic rings. The van der Waals surface area contributed by atoms with Crippen LogP contribution in [0.5, 0.6) is 0 Å². The number of nitrogens with zero attached hydrogens (tertiary/aromatic N) is 3. The van der Waals surface area contributed by atoms with Gasteiger partial charge in [-0.25, -0.2) is 9.10 Å². The molecule has 21 heavy (non-hydrogen) atoms. The van der Waals surface area contributed by atoms with Crippen LogP contribution in [0.1, 0.15) is 34.6 Å². The van der Waals surface area contributed by atoms with Crippen LogP contribution in [0.4, 0.5) is 4.79 Å². The molecule has 0 aromatic carbocycles. The van der Waals surface area contributed by atoms with Crippen molar-refractivity contribution < 1.29 is 14.4 Å². The highest BCUT2D eigenvalue weighted by Crippen LogP contribution is 2.37. The minimum Gasteiger partial charge on any atom is -0.295 e. The first kappa shape index (κ1) is 18.5. The number of rotatable bonds is 3. The minimum atomic E-state index is -0.581. The van der Waals surface area contributed by atoms with Crippen LogP contribution in [-0.4, -0.2) is 50.0 Å². The molecule has 0 radical (unpaired) electrons. The minimum absolute atomic E-state index is 0.0308. The lowest BCUT2D eigenvalue weighted by Gasteiger charge is -2.20. The fourth-order valence-electron chi connectivity index (χ4n) is 1.24. The van der Waals surface area contributed by atoms with Crippen molar-refractivity contribution in [3.05, 3.63) is 0 Å². The molecule has 0 saturated carbocycles. The zero-order chi connectivity index (χ0) is 16.4. The molecule has 2 amide bonds. The van der Waals surface area contributed by atoms with Gasteiger partial charge in [-0.15, -0.1) is 0 Å². The lowest BCUT2D eigenvalue weighted by Crippen LogP contribution is -2.33. The number of amides is 2. The van der Waals surface area contributed by atoms with E-state index in [0.29, 0.717) is 5.17 Å². The molecule has 9 heteroatoms. The van der Waals surface area contributed by atoms with E-state index in [1.54, 1.807) is 24.9 Å². The molecule has 0 spiro atoms. The highest BCUT2D eigenvalue weighted by molar-refractivity contribution is 8.76. The zero-order valence-corrected chi connectivity index (χ0v) is 15.7. The number of hydrogen-bond acceptors (Lipinski definition) is 7. The third kappa shape index (κ3) is 5.30. The van der Waals surface area contributed by atoms with Crippen molar-refractivity contribution in [3.63, 3.8) is 0 Å². The van der Waals surface area contributed by atoms with E-state index in [1.165, 1.54) is 31.9 Å². The molecule has 0 aliphatic carbocycles. The van der Waals surface area contributed by atoms with Crippen LogP contribution in [-0.2, 0) is 9.63 Å². The van der Waals surface area contributed by atoms with Gasteiger partial charge in [0.2, 0.25) is 11.1 Å². The molecule has 1 heterocycles. The summed E-state index contributed by atoms with van der Waals surface area (Å²) in [5.74, 6) is -0.0617. The first-order chi connectivity index (χ1) is 9.44. The Balaban J connectivity index is 2.56. The van der Waals surface area contributed by atoms with E-state index in [9.17, 15) is 9.59 Å². The van der Waals surface area contributed by atoms with Crippen molar-refractivity contribution in [3.8, 4) is 0 Å². The van der Waals surface area contributed by atoms with Crippen molar-refractivity contribution in [2.24, 2.45) is 5.16 Å². The Morgan fingerprint density at radius 2 is 2.00 bits per heavy atom. The second kappa shape index (κ2) is 6.70. The summed E-state index contributed by atoms with van der Waals surface area (Å²) in [6.07, 6.45) is -0.574. The molecule has 1 saturated heterocycles. The molecule has 1 aliphatic heterocycles. The Morgan fingerprint density at radius 1 is 1.43 bits per heavy atom. The highest BCUT2D eigenvalue weighted by atomic mass is 33.1. The van der Waals surface area contributed by atoms with Crippen LogP contribution >= 0.6 is 33.5 Å². The molecule has 1 rings (SSSR count). The second-order valence-corrected chi connectivity index (χ2v) is 10.6. The van der Waals surface area contributed by atoms with Crippen LogP contribution in [0.25, 0.3) is 0 Å². The van der Waals surface area contributed by atoms with Gasteiger partial charge >= 0.3 is 6.09 Å². The largest absolute Gasteiger partial charge is 0.446 e. The quantitative estimate of drug-likeness (QED) is 0.336. The lowest BCUT2D eigenvalue weighted by atomic mass is 10.2. The predicted octanol–water partition coefficient (Wildman–Crippen LogP) is 3.40. The van der Waals surface area contributed by atoms with Gasteiger partial charge in [-0.05, 0) is 19.0 Å². The standard InChI is InChI=1S/C12H21N3O3S3/c1-11(2,3)20-21-15(7)10(17)18-13-9-14(6)8(16)12(4,5)19-9/h1-7H3/b13-9+. The van der Waals surface area contributed by atoms with Gasteiger partial charge < -0.3 is 0 Å². The third-order valence-electron chi connectivity index (χ3n) is 2.31. The molecule has 6 nitrogen and oxygen atoms in total. The highest BCUT2D eigenvalue weighted by Gasteiger charge is 2.43. The van der Waals surface area contributed by atoms with E-state index in [2.05, 4.69) is 25.9 Å². The maximum Gasteiger partial charge on any atom is 0.446 e. The molecular weight excluding hydrogens is 330 g/mol. The molecular formula is C12H21N3O3S3. The number of amidine groups is 1. The SMILES string of the molecule is CN(SSC(C)(C)C)C(=O)O/N=C1/SC(C)(C)C(=O)N1C. The van der Waals surface area contributed by atoms with E-state index in [4.69, 9.17) is 4.84 Å². The van der Waals surface area contributed by atoms with Crippen molar-refractivity contribution in [1.82, 2.24) is 9.21 Å². The molecule has 0 unspecified atom stereocenters. The van der Waals surface area contributed by atoms with Crippen LogP contribution in [0, 0.1) is 0 Å². The fourth-order valence-corrected chi connectivity index (χ4v) is 3.84. The maximum absolute atomic E-state index is 11.9. The van der Waals surface area contributed by atoms with Crippen LogP contribution < -0.4 is 0 Å². The Morgan fingerprint density at radius 3 is 2.43 bits per heavy atom. The smallest absolute Gasteiger partial charge is 0.295 e. The van der Waals surface area contributed by atoms with Gasteiger partial charge in [0.1, 0.15) is 0 Å². The second-order valence-electron chi connectivity index (χ2n) is 5.98. The third-order valence-corrected chi connectivity index (χ3v) is 6.87. The summed E-state index contributed by atoms with van der Waals surface area (Å²) in [6.45, 7) is 9.79. The van der Waals surface area contributed by atoms with Gasteiger partial charge in [0.05, 0.1) is 4.75 Å². The number of carbonyl (C=O) groups is 2. The average molecular weight is 352 g/mol. The summed E-state index contributed by atoms with van der Waals surface area (Å²) in [7, 11) is 6.08. The van der Waals surface area contributed by atoms with Gasteiger partial charge in [-0.2, -0.15) is 0 Å². The monoisotopic (exact) mass is 351 g/mol. The van der Waals surface area contributed by atoms with Gasteiger partial charge in [-0.3, -0.25) is 14.5 Å². The Hall–Kier alpha value is -0.540. The number of carbonyl (C=O) groups excluding carboxylic acids is 2. The number of oxime groups is 1. The first-order valence-corrected chi connectivity index (χ1v) is 9.22. The molecule has 0 N–H and O–H groups in total. The number of hydrogen-bond donors (Lipinski definition) is 0. The van der Waals surface area contributed by atoms with Crippen molar-refractivity contribution in [2.45, 2.75) is 44.1 Å². The normalized spacial score (nSPS) is 20.0. The first-order valence-electron chi connectivity index (χ1n) is 6.30. The molecule has 120 valence electrons. The van der Waals surface area contributed by atoms with Gasteiger partial charge in [0, 0.05) is 29.8 Å². The average Bonchev–Trinajstić information content (AvgIpc) is 2.55. The van der Waals surface area contributed by atoms with Crippen molar-refractivity contribution >= 4 is 50.7 Å².